The van der Waals surface area contributed by atoms with Crippen molar-refractivity contribution in [2.45, 2.75) is 5.75 Å². The van der Waals surface area contributed by atoms with Crippen LogP contribution in [0.3, 0.4) is 0 Å². The molecule has 2 amide bonds. The molecular weight excluding hydrogens is 174 g/mol. The van der Waals surface area contributed by atoms with Gasteiger partial charge in [-0.15, -0.1) is 0 Å². The van der Waals surface area contributed by atoms with E-state index in [9.17, 15) is 4.79 Å². The summed E-state index contributed by atoms with van der Waals surface area (Å²) in [6, 6.07) is 3.25. The number of hydrogen-bond acceptors (Lipinski definition) is 3. The number of pyridine rings is 1. The predicted octanol–water partition coefficient (Wildman–Crippen LogP) is 0.898. The van der Waals surface area contributed by atoms with E-state index in [4.69, 9.17) is 5.73 Å². The fraction of sp³-hybridized carbons (Fsp3) is 0.143. The van der Waals surface area contributed by atoms with E-state index in [-0.39, 0.29) is 0 Å². The van der Waals surface area contributed by atoms with Gasteiger partial charge in [-0.3, -0.25) is 9.71 Å². The van der Waals surface area contributed by atoms with Crippen LogP contribution in [0.15, 0.2) is 24.5 Å². The van der Waals surface area contributed by atoms with Crippen LogP contribution in [-0.4, -0.2) is 11.0 Å². The maximum Gasteiger partial charge on any atom is 0.322 e. The molecule has 0 radical (unpaired) electrons. The molecule has 0 aliphatic rings. The Kier molecular flexibility index (Phi) is 3.40. The largest absolute Gasteiger partial charge is 0.351 e. The monoisotopic (exact) mass is 183 g/mol. The zero-order chi connectivity index (χ0) is 8.81. The van der Waals surface area contributed by atoms with Crippen LogP contribution in [-0.2, 0) is 5.75 Å². The van der Waals surface area contributed by atoms with Crippen LogP contribution >= 0.6 is 11.9 Å². The molecule has 0 spiro atoms. The second kappa shape index (κ2) is 4.61. The van der Waals surface area contributed by atoms with Gasteiger partial charge in [0.1, 0.15) is 0 Å². The fourth-order valence-electron chi connectivity index (χ4n) is 0.670. The Hall–Kier alpha value is -1.23. The van der Waals surface area contributed by atoms with E-state index in [1.54, 1.807) is 12.4 Å². The molecule has 12 heavy (non-hydrogen) atoms. The maximum atomic E-state index is 10.3. The topological polar surface area (TPSA) is 68.0 Å². The molecule has 0 fully saturated rings. The first-order chi connectivity index (χ1) is 5.79. The molecular formula is C7H9N3OS. The van der Waals surface area contributed by atoms with Crippen molar-refractivity contribution in [2.75, 3.05) is 0 Å². The maximum absolute atomic E-state index is 10.3. The Morgan fingerprint density at radius 3 is 2.83 bits per heavy atom. The van der Waals surface area contributed by atoms with Crippen molar-refractivity contribution in [3.63, 3.8) is 0 Å². The minimum absolute atomic E-state index is 0.519. The Morgan fingerprint density at radius 1 is 1.58 bits per heavy atom. The van der Waals surface area contributed by atoms with Gasteiger partial charge in [0.2, 0.25) is 0 Å². The van der Waals surface area contributed by atoms with E-state index in [0.29, 0.717) is 5.75 Å². The number of hydrogen-bond donors (Lipinski definition) is 2. The lowest BCUT2D eigenvalue weighted by atomic mass is 10.3. The molecule has 3 N–H and O–H groups in total. The van der Waals surface area contributed by atoms with Crippen molar-refractivity contribution in [2.24, 2.45) is 5.73 Å². The average molecular weight is 183 g/mol. The van der Waals surface area contributed by atoms with Crippen LogP contribution in [0.2, 0.25) is 0 Å². The number of carbonyl (C=O) groups excluding carboxylic acids is 1. The van der Waals surface area contributed by atoms with Gasteiger partial charge in [-0.25, -0.2) is 4.79 Å². The summed E-state index contributed by atoms with van der Waals surface area (Å²) < 4.78 is 2.43. The molecule has 5 heteroatoms. The van der Waals surface area contributed by atoms with Crippen molar-refractivity contribution in [1.82, 2.24) is 9.71 Å². The summed E-state index contributed by atoms with van der Waals surface area (Å²) in [5.74, 6) is 0.700. The lowest BCUT2D eigenvalue weighted by Gasteiger charge is -1.99. The number of nitrogens with one attached hydrogen (secondary N) is 1. The third-order valence-electron chi connectivity index (χ3n) is 1.16. The van der Waals surface area contributed by atoms with E-state index in [0.717, 1.165) is 5.56 Å². The van der Waals surface area contributed by atoms with Crippen LogP contribution in [0.5, 0.6) is 0 Å². The first-order valence-corrected chi connectivity index (χ1v) is 4.34. The van der Waals surface area contributed by atoms with Crippen LogP contribution < -0.4 is 10.5 Å². The Labute approximate surface area is 74.7 Å². The highest BCUT2D eigenvalue weighted by atomic mass is 32.2. The van der Waals surface area contributed by atoms with Crippen molar-refractivity contribution in [1.29, 1.82) is 0 Å². The van der Waals surface area contributed by atoms with Crippen LogP contribution in [0.1, 0.15) is 5.56 Å². The SMILES string of the molecule is NC(=O)NSCc1ccncc1. The number of primary amides is 1. The highest BCUT2D eigenvalue weighted by molar-refractivity contribution is 7.97. The Morgan fingerprint density at radius 2 is 2.25 bits per heavy atom. The minimum atomic E-state index is -0.519. The van der Waals surface area contributed by atoms with Crippen LogP contribution in [0.4, 0.5) is 4.79 Å². The second-order valence-corrected chi connectivity index (χ2v) is 2.89. The molecule has 0 bridgehead atoms. The minimum Gasteiger partial charge on any atom is -0.351 e. The number of urea groups is 1. The third-order valence-corrected chi connectivity index (χ3v) is 1.98. The number of aromatic nitrogens is 1. The second-order valence-electron chi connectivity index (χ2n) is 2.11. The van der Waals surface area contributed by atoms with Gasteiger partial charge in [-0.2, -0.15) is 0 Å². The predicted molar refractivity (Wildman–Crippen MR) is 48.3 cm³/mol. The molecule has 0 saturated heterocycles. The fourth-order valence-corrected chi connectivity index (χ4v) is 1.24. The smallest absolute Gasteiger partial charge is 0.322 e. The average Bonchev–Trinajstić information content (AvgIpc) is 2.05. The Balaban J connectivity index is 2.29. The normalized spacial score (nSPS) is 9.33. The van der Waals surface area contributed by atoms with Gasteiger partial charge in [0.05, 0.1) is 0 Å². The number of amides is 2. The van der Waals surface area contributed by atoms with Crippen LogP contribution in [0.25, 0.3) is 0 Å². The van der Waals surface area contributed by atoms with Crippen LogP contribution in [0, 0.1) is 0 Å². The third kappa shape index (κ3) is 3.25. The lowest BCUT2D eigenvalue weighted by molar-refractivity contribution is 0.254. The van der Waals surface area contributed by atoms with Gasteiger partial charge >= 0.3 is 6.03 Å². The van der Waals surface area contributed by atoms with E-state index < -0.39 is 6.03 Å². The Bertz CT molecular complexity index is 252. The first kappa shape index (κ1) is 8.86. The van der Waals surface area contributed by atoms with Gasteiger partial charge in [-0.1, -0.05) is 0 Å². The number of rotatable bonds is 3. The molecule has 0 aliphatic carbocycles. The molecule has 1 aromatic heterocycles. The molecule has 1 rings (SSSR count). The highest BCUT2D eigenvalue weighted by Crippen LogP contribution is 2.06. The van der Waals surface area contributed by atoms with Gasteiger partial charge < -0.3 is 5.73 Å². The summed E-state index contributed by atoms with van der Waals surface area (Å²) in [6.45, 7) is 0. The van der Waals surface area contributed by atoms with E-state index in [2.05, 4.69) is 9.71 Å². The van der Waals surface area contributed by atoms with Crippen molar-refractivity contribution < 1.29 is 4.79 Å². The molecule has 0 atom stereocenters. The van der Waals surface area contributed by atoms with Gasteiger partial charge in [0.15, 0.2) is 0 Å². The molecule has 1 heterocycles. The van der Waals surface area contributed by atoms with Gasteiger partial charge in [-0.05, 0) is 29.6 Å². The molecule has 1 aromatic rings. The highest BCUT2D eigenvalue weighted by Gasteiger charge is 1.93. The zero-order valence-electron chi connectivity index (χ0n) is 6.36. The van der Waals surface area contributed by atoms with E-state index >= 15 is 0 Å². The lowest BCUT2D eigenvalue weighted by Crippen LogP contribution is -2.22. The van der Waals surface area contributed by atoms with Crippen molar-refractivity contribution in [3.05, 3.63) is 30.1 Å². The number of nitrogens with two attached hydrogens (primary N) is 1. The molecule has 4 nitrogen and oxygen atoms in total. The van der Waals surface area contributed by atoms with E-state index in [1.807, 2.05) is 12.1 Å². The number of carbonyl (C=O) groups is 1. The van der Waals surface area contributed by atoms with Gasteiger partial charge in [0, 0.05) is 18.1 Å². The quantitative estimate of drug-likeness (QED) is 0.684. The summed E-state index contributed by atoms with van der Waals surface area (Å²) in [5.41, 5.74) is 5.97. The first-order valence-electron chi connectivity index (χ1n) is 3.35. The summed E-state index contributed by atoms with van der Waals surface area (Å²) in [6.07, 6.45) is 3.42. The molecule has 64 valence electrons. The van der Waals surface area contributed by atoms with Gasteiger partial charge in [0.25, 0.3) is 0 Å². The summed E-state index contributed by atoms with van der Waals surface area (Å²) in [7, 11) is 0. The number of nitrogens with zero attached hydrogens (tertiary/aromatic N) is 1. The molecule has 0 aliphatic heterocycles. The summed E-state index contributed by atoms with van der Waals surface area (Å²) in [4.78, 5) is 14.1. The molecule has 0 saturated carbocycles. The molecule has 0 unspecified atom stereocenters. The summed E-state index contributed by atoms with van der Waals surface area (Å²) >= 11 is 1.26. The van der Waals surface area contributed by atoms with Crippen molar-refractivity contribution >= 4 is 18.0 Å². The molecule has 0 aromatic carbocycles. The standard InChI is InChI=1S/C7H9N3OS/c8-7(11)10-12-5-6-1-3-9-4-2-6/h1-4H,5H2,(H3,8,10,11). The summed E-state index contributed by atoms with van der Waals surface area (Å²) in [5, 5.41) is 0. The van der Waals surface area contributed by atoms with E-state index in [1.165, 1.54) is 11.9 Å². The van der Waals surface area contributed by atoms with Crippen molar-refractivity contribution in [3.8, 4) is 0 Å². The zero-order valence-corrected chi connectivity index (χ0v) is 7.17.